The normalized spacial score (nSPS) is 10.1. The summed E-state index contributed by atoms with van der Waals surface area (Å²) in [6, 6.07) is 3.17. The zero-order chi connectivity index (χ0) is 10.4. The number of carboxylic acid groups (broad SMARTS) is 1. The predicted octanol–water partition coefficient (Wildman–Crippen LogP) is 1.81. The summed E-state index contributed by atoms with van der Waals surface area (Å²) in [6.45, 7) is 2.67. The first-order valence-corrected chi connectivity index (χ1v) is 4.79. The van der Waals surface area contributed by atoms with Gasteiger partial charge in [-0.1, -0.05) is 19.8 Å². The molecule has 0 amide bonds. The lowest BCUT2D eigenvalue weighted by molar-refractivity contribution is 0.0589. The van der Waals surface area contributed by atoms with Crippen molar-refractivity contribution < 1.29 is 14.7 Å². The van der Waals surface area contributed by atoms with Crippen LogP contribution in [0.3, 0.4) is 0 Å². The molecule has 0 saturated carbocycles. The second-order valence-corrected chi connectivity index (χ2v) is 3.06. The summed E-state index contributed by atoms with van der Waals surface area (Å²) in [7, 11) is 0. The first-order chi connectivity index (χ1) is 6.75. The van der Waals surface area contributed by atoms with Crippen LogP contribution in [0.5, 0.6) is 0 Å². The number of aromatic carboxylic acids is 1. The molecule has 0 aromatic carbocycles. The van der Waals surface area contributed by atoms with Gasteiger partial charge in [-0.3, -0.25) is 0 Å². The van der Waals surface area contributed by atoms with Crippen molar-refractivity contribution in [2.45, 2.75) is 26.2 Å². The minimum absolute atomic E-state index is 0.168. The summed E-state index contributed by atoms with van der Waals surface area (Å²) in [4.78, 5) is 15.9. The molecular weight excluding hydrogens is 182 g/mol. The fourth-order valence-electron chi connectivity index (χ4n) is 1.16. The number of unbranched alkanes of at least 4 members (excludes halogenated alkanes) is 2. The number of carboxylic acids is 1. The van der Waals surface area contributed by atoms with E-state index in [2.05, 4.69) is 6.92 Å². The average molecular weight is 197 g/mol. The van der Waals surface area contributed by atoms with Gasteiger partial charge >= 0.3 is 5.97 Å². The molecular formula is C10H15NO3. The van der Waals surface area contributed by atoms with E-state index in [1.807, 2.05) is 0 Å². The number of hydrogen-bond donors (Lipinski definition) is 1. The molecule has 1 rings (SSSR count). The summed E-state index contributed by atoms with van der Waals surface area (Å²) in [6.07, 6.45) is 4.79. The largest absolute Gasteiger partial charge is 0.476 e. The van der Waals surface area contributed by atoms with Crippen molar-refractivity contribution in [2.75, 3.05) is 6.61 Å². The fourth-order valence-corrected chi connectivity index (χ4v) is 1.16. The van der Waals surface area contributed by atoms with Crippen LogP contribution in [0.25, 0.3) is 0 Å². The summed E-state index contributed by atoms with van der Waals surface area (Å²) < 4.78 is 1.30. The Morgan fingerprint density at radius 1 is 1.57 bits per heavy atom. The third-order valence-corrected chi connectivity index (χ3v) is 1.91. The van der Waals surface area contributed by atoms with Gasteiger partial charge in [0.15, 0.2) is 5.69 Å². The van der Waals surface area contributed by atoms with Crippen LogP contribution in [0.15, 0.2) is 18.3 Å². The monoisotopic (exact) mass is 197 g/mol. The van der Waals surface area contributed by atoms with Crippen molar-refractivity contribution in [1.82, 2.24) is 4.73 Å². The molecule has 0 aliphatic rings. The number of nitrogens with zero attached hydrogens (tertiary/aromatic N) is 1. The number of hydrogen-bond acceptors (Lipinski definition) is 2. The Hall–Kier alpha value is -1.45. The molecule has 0 atom stereocenters. The van der Waals surface area contributed by atoms with E-state index in [1.54, 1.807) is 12.3 Å². The minimum atomic E-state index is -0.967. The van der Waals surface area contributed by atoms with Gasteiger partial charge in [0.1, 0.15) is 6.61 Å². The van der Waals surface area contributed by atoms with Gasteiger partial charge in [-0.25, -0.2) is 4.79 Å². The van der Waals surface area contributed by atoms with Crippen LogP contribution in [-0.4, -0.2) is 22.4 Å². The zero-order valence-corrected chi connectivity index (χ0v) is 8.27. The molecule has 1 aromatic rings. The van der Waals surface area contributed by atoms with Crippen LogP contribution in [-0.2, 0) is 0 Å². The molecule has 0 saturated heterocycles. The summed E-state index contributed by atoms with van der Waals surface area (Å²) in [5.41, 5.74) is 0.168. The molecule has 0 spiro atoms. The van der Waals surface area contributed by atoms with Gasteiger partial charge in [-0.05, 0) is 18.6 Å². The van der Waals surface area contributed by atoms with Gasteiger partial charge in [0.25, 0.3) is 0 Å². The van der Waals surface area contributed by atoms with Gasteiger partial charge < -0.3 is 9.94 Å². The van der Waals surface area contributed by atoms with Crippen LogP contribution in [0.1, 0.15) is 36.7 Å². The van der Waals surface area contributed by atoms with Gasteiger partial charge in [0.05, 0.1) is 0 Å². The molecule has 1 aromatic heterocycles. The zero-order valence-electron chi connectivity index (χ0n) is 8.27. The third-order valence-electron chi connectivity index (χ3n) is 1.91. The van der Waals surface area contributed by atoms with E-state index in [0.717, 1.165) is 19.3 Å². The van der Waals surface area contributed by atoms with Crippen LogP contribution in [0.4, 0.5) is 0 Å². The highest BCUT2D eigenvalue weighted by atomic mass is 16.7. The van der Waals surface area contributed by atoms with Crippen molar-refractivity contribution >= 4 is 5.97 Å². The molecule has 4 nitrogen and oxygen atoms in total. The first-order valence-electron chi connectivity index (χ1n) is 4.79. The Morgan fingerprint density at radius 2 is 2.36 bits per heavy atom. The molecule has 1 N–H and O–H groups in total. The lowest BCUT2D eigenvalue weighted by Crippen LogP contribution is -2.17. The van der Waals surface area contributed by atoms with Gasteiger partial charge in [-0.15, -0.1) is 0 Å². The fraction of sp³-hybridized carbons (Fsp3) is 0.500. The second kappa shape index (κ2) is 5.32. The number of aromatic nitrogens is 1. The van der Waals surface area contributed by atoms with Crippen molar-refractivity contribution in [3.63, 3.8) is 0 Å². The van der Waals surface area contributed by atoms with Crippen LogP contribution < -0.4 is 4.84 Å². The van der Waals surface area contributed by atoms with E-state index >= 15 is 0 Å². The lowest BCUT2D eigenvalue weighted by atomic mass is 10.3. The SMILES string of the molecule is CCCCCOn1cccc1C(=O)O. The highest BCUT2D eigenvalue weighted by molar-refractivity contribution is 5.85. The maximum atomic E-state index is 10.7. The molecule has 4 heteroatoms. The first kappa shape index (κ1) is 10.6. The van der Waals surface area contributed by atoms with E-state index < -0.39 is 5.97 Å². The Bertz CT molecular complexity index is 293. The van der Waals surface area contributed by atoms with Crippen molar-refractivity contribution in [3.8, 4) is 0 Å². The Morgan fingerprint density at radius 3 is 3.00 bits per heavy atom. The van der Waals surface area contributed by atoms with Crippen LogP contribution in [0, 0.1) is 0 Å². The molecule has 0 fully saturated rings. The highest BCUT2D eigenvalue weighted by Gasteiger charge is 2.08. The van der Waals surface area contributed by atoms with Gasteiger partial charge in [0.2, 0.25) is 0 Å². The molecule has 14 heavy (non-hydrogen) atoms. The average Bonchev–Trinajstić information content (AvgIpc) is 2.60. The molecule has 0 aliphatic carbocycles. The van der Waals surface area contributed by atoms with E-state index in [-0.39, 0.29) is 5.69 Å². The van der Waals surface area contributed by atoms with Crippen LogP contribution >= 0.6 is 0 Å². The maximum Gasteiger partial charge on any atom is 0.355 e. The van der Waals surface area contributed by atoms with E-state index in [0.29, 0.717) is 6.61 Å². The van der Waals surface area contributed by atoms with Crippen molar-refractivity contribution in [3.05, 3.63) is 24.0 Å². The summed E-state index contributed by atoms with van der Waals surface area (Å²) >= 11 is 0. The van der Waals surface area contributed by atoms with Crippen molar-refractivity contribution in [1.29, 1.82) is 0 Å². The third kappa shape index (κ3) is 2.80. The quantitative estimate of drug-likeness (QED) is 0.707. The maximum absolute atomic E-state index is 10.7. The van der Waals surface area contributed by atoms with E-state index in [4.69, 9.17) is 9.94 Å². The number of carbonyl (C=O) groups is 1. The highest BCUT2D eigenvalue weighted by Crippen LogP contribution is 2.00. The molecule has 0 unspecified atom stereocenters. The summed E-state index contributed by atoms with van der Waals surface area (Å²) in [5, 5.41) is 8.76. The van der Waals surface area contributed by atoms with E-state index in [1.165, 1.54) is 10.8 Å². The molecule has 78 valence electrons. The summed E-state index contributed by atoms with van der Waals surface area (Å²) in [5.74, 6) is -0.967. The molecule has 1 heterocycles. The molecule has 0 radical (unpaired) electrons. The standard InChI is InChI=1S/C10H15NO3/c1-2-3-4-8-14-11-7-5-6-9(11)10(12)13/h5-7H,2-4,8H2,1H3,(H,12,13). The van der Waals surface area contributed by atoms with E-state index in [9.17, 15) is 4.79 Å². The van der Waals surface area contributed by atoms with Gasteiger partial charge in [-0.2, -0.15) is 4.73 Å². The topological polar surface area (TPSA) is 51.5 Å². The Labute approximate surface area is 83.1 Å². The van der Waals surface area contributed by atoms with Gasteiger partial charge in [0, 0.05) is 6.20 Å². The molecule has 0 bridgehead atoms. The van der Waals surface area contributed by atoms with Crippen LogP contribution in [0.2, 0.25) is 0 Å². The smallest absolute Gasteiger partial charge is 0.355 e. The Kier molecular flexibility index (Phi) is 4.04. The predicted molar refractivity (Wildman–Crippen MR) is 52.4 cm³/mol. The number of rotatable bonds is 6. The molecule has 0 aliphatic heterocycles. The van der Waals surface area contributed by atoms with Crippen molar-refractivity contribution in [2.24, 2.45) is 0 Å². The Balaban J connectivity index is 2.42. The minimum Gasteiger partial charge on any atom is -0.476 e. The second-order valence-electron chi connectivity index (χ2n) is 3.06. The lowest BCUT2D eigenvalue weighted by Gasteiger charge is -2.07.